The zero-order valence-electron chi connectivity index (χ0n) is 18.4. The van der Waals surface area contributed by atoms with Crippen LogP contribution < -0.4 is 21.5 Å². The van der Waals surface area contributed by atoms with Crippen molar-refractivity contribution in [3.8, 4) is 5.69 Å². The zero-order chi connectivity index (χ0) is 23.2. The van der Waals surface area contributed by atoms with E-state index in [1.165, 1.54) is 4.68 Å². The number of aromatic nitrogens is 2. The maximum absolute atomic E-state index is 12.8. The number of anilines is 1. The van der Waals surface area contributed by atoms with Gasteiger partial charge in [0.25, 0.3) is 5.56 Å². The van der Waals surface area contributed by atoms with Crippen molar-refractivity contribution in [3.63, 3.8) is 0 Å². The third-order valence-corrected chi connectivity index (χ3v) is 5.18. The minimum atomic E-state index is -0.380. The fraction of sp³-hybridized carbons (Fsp3) is 0.429. The molecule has 0 spiro atoms. The summed E-state index contributed by atoms with van der Waals surface area (Å²) in [6.45, 7) is 7.18. The summed E-state index contributed by atoms with van der Waals surface area (Å²) in [4.78, 5) is 48.7. The van der Waals surface area contributed by atoms with E-state index < -0.39 is 0 Å². The molecule has 0 radical (unpaired) electrons. The summed E-state index contributed by atoms with van der Waals surface area (Å²) in [7, 11) is 1.74. The van der Waals surface area contributed by atoms with Crippen LogP contribution in [0.15, 0.2) is 35.1 Å². The Morgan fingerprint density at radius 3 is 2.23 bits per heavy atom. The molecule has 0 atom stereocenters. The molecule has 0 aliphatic carbocycles. The quantitative estimate of drug-likeness (QED) is 0.562. The maximum atomic E-state index is 12.8. The van der Waals surface area contributed by atoms with Crippen LogP contribution >= 0.6 is 11.8 Å². The third kappa shape index (κ3) is 7.02. The van der Waals surface area contributed by atoms with Crippen molar-refractivity contribution < 1.29 is 14.4 Å². The monoisotopic (exact) mass is 447 g/mol. The molecule has 0 bridgehead atoms. The van der Waals surface area contributed by atoms with Gasteiger partial charge in [-0.15, -0.1) is 11.8 Å². The highest BCUT2D eigenvalue weighted by Gasteiger charge is 2.18. The topological polar surface area (TPSA) is 114 Å². The third-order valence-electron chi connectivity index (χ3n) is 4.25. The summed E-state index contributed by atoms with van der Waals surface area (Å²) < 4.78 is 3.16. The highest BCUT2D eigenvalue weighted by Crippen LogP contribution is 2.14. The van der Waals surface area contributed by atoms with E-state index in [4.69, 9.17) is 0 Å². The fourth-order valence-electron chi connectivity index (χ4n) is 2.82. The maximum Gasteiger partial charge on any atom is 0.295 e. The Balaban J connectivity index is 1.86. The summed E-state index contributed by atoms with van der Waals surface area (Å²) in [5.74, 6) is -0.977. The molecule has 9 nitrogen and oxygen atoms in total. The molecule has 1 heterocycles. The summed E-state index contributed by atoms with van der Waals surface area (Å²) in [6.07, 6.45) is 0. The second-order valence-electron chi connectivity index (χ2n) is 8.05. The first-order valence-electron chi connectivity index (χ1n) is 9.79. The molecular formula is C21H29N5O4S. The number of carbonyl (C=O) groups is 3. The van der Waals surface area contributed by atoms with Crippen molar-refractivity contribution in [2.45, 2.75) is 33.2 Å². The molecule has 10 heteroatoms. The number of thioether (sulfide) groups is 1. The van der Waals surface area contributed by atoms with Crippen molar-refractivity contribution in [2.24, 2.45) is 7.05 Å². The lowest BCUT2D eigenvalue weighted by atomic mass is 10.1. The number of carbonyl (C=O) groups excluding carboxylic acids is 3. The van der Waals surface area contributed by atoms with Crippen molar-refractivity contribution in [1.82, 2.24) is 20.0 Å². The van der Waals surface area contributed by atoms with Crippen LogP contribution in [-0.2, 0) is 21.4 Å². The van der Waals surface area contributed by atoms with Crippen LogP contribution in [0.3, 0.4) is 0 Å². The summed E-state index contributed by atoms with van der Waals surface area (Å²) in [6, 6.07) is 9.14. The Hall–Kier alpha value is -3.01. The Kier molecular flexibility index (Phi) is 8.09. The van der Waals surface area contributed by atoms with Gasteiger partial charge in [0.05, 0.1) is 29.4 Å². The molecule has 2 rings (SSSR count). The van der Waals surface area contributed by atoms with Gasteiger partial charge in [-0.3, -0.25) is 23.9 Å². The molecule has 0 fully saturated rings. The van der Waals surface area contributed by atoms with E-state index in [2.05, 4.69) is 16.0 Å². The number of hydrogen-bond acceptors (Lipinski definition) is 5. The minimum Gasteiger partial charge on any atom is -0.350 e. The van der Waals surface area contributed by atoms with E-state index in [0.29, 0.717) is 11.4 Å². The molecule has 3 N–H and O–H groups in total. The van der Waals surface area contributed by atoms with Crippen LogP contribution in [0.4, 0.5) is 5.69 Å². The van der Waals surface area contributed by atoms with E-state index in [0.717, 1.165) is 11.8 Å². The van der Waals surface area contributed by atoms with Crippen molar-refractivity contribution in [1.29, 1.82) is 0 Å². The van der Waals surface area contributed by atoms with Crippen molar-refractivity contribution >= 4 is 35.2 Å². The summed E-state index contributed by atoms with van der Waals surface area (Å²) in [5, 5.41) is 7.91. The first-order valence-corrected chi connectivity index (χ1v) is 10.9. The van der Waals surface area contributed by atoms with E-state index in [9.17, 15) is 19.2 Å². The Morgan fingerprint density at radius 1 is 1.00 bits per heavy atom. The molecule has 0 saturated heterocycles. The Labute approximate surface area is 185 Å². The average molecular weight is 448 g/mol. The SMILES string of the molecule is Cc1c(NC(=O)CSCC(=O)NCC(=O)NC(C)(C)C)c(=O)n(-c2ccccc2)n1C. The second kappa shape index (κ2) is 10.3. The molecule has 1 aromatic heterocycles. The van der Waals surface area contributed by atoms with Gasteiger partial charge in [0.15, 0.2) is 0 Å². The van der Waals surface area contributed by atoms with Crippen LogP contribution in [0, 0.1) is 6.92 Å². The number of nitrogens with one attached hydrogen (secondary N) is 3. The normalized spacial score (nSPS) is 11.1. The van der Waals surface area contributed by atoms with Crippen molar-refractivity contribution in [2.75, 3.05) is 23.4 Å². The summed E-state index contributed by atoms with van der Waals surface area (Å²) in [5.41, 5.74) is 0.825. The fourth-order valence-corrected chi connectivity index (χ4v) is 3.46. The molecule has 0 aliphatic heterocycles. The van der Waals surface area contributed by atoms with Crippen molar-refractivity contribution in [3.05, 3.63) is 46.4 Å². The Bertz CT molecular complexity index is 1010. The smallest absolute Gasteiger partial charge is 0.295 e. The highest BCUT2D eigenvalue weighted by atomic mass is 32.2. The van der Waals surface area contributed by atoms with Gasteiger partial charge in [0.1, 0.15) is 5.69 Å². The van der Waals surface area contributed by atoms with Gasteiger partial charge in [-0.25, -0.2) is 4.68 Å². The lowest BCUT2D eigenvalue weighted by Crippen LogP contribution is -2.46. The summed E-state index contributed by atoms with van der Waals surface area (Å²) >= 11 is 1.10. The first kappa shape index (κ1) is 24.3. The van der Waals surface area contributed by atoms with Gasteiger partial charge in [-0.2, -0.15) is 0 Å². The van der Waals surface area contributed by atoms with Gasteiger partial charge in [0, 0.05) is 12.6 Å². The molecule has 168 valence electrons. The van der Waals surface area contributed by atoms with E-state index in [1.54, 1.807) is 18.7 Å². The van der Waals surface area contributed by atoms with E-state index in [1.807, 2.05) is 51.1 Å². The number of hydrogen-bond donors (Lipinski definition) is 3. The minimum absolute atomic E-state index is 0.000713. The predicted octanol–water partition coefficient (Wildman–Crippen LogP) is 1.19. The predicted molar refractivity (Wildman–Crippen MR) is 123 cm³/mol. The van der Waals surface area contributed by atoms with Crippen LogP contribution in [0.25, 0.3) is 5.69 Å². The first-order chi connectivity index (χ1) is 14.5. The Morgan fingerprint density at radius 2 is 1.61 bits per heavy atom. The lowest BCUT2D eigenvalue weighted by Gasteiger charge is -2.20. The molecule has 0 saturated carbocycles. The molecule has 0 unspecified atom stereocenters. The second-order valence-corrected chi connectivity index (χ2v) is 9.04. The lowest BCUT2D eigenvalue weighted by molar-refractivity contribution is -0.125. The van der Waals surface area contributed by atoms with Crippen LogP contribution in [-0.4, -0.2) is 50.7 Å². The molecule has 1 aromatic carbocycles. The molecule has 31 heavy (non-hydrogen) atoms. The standard InChI is InChI=1S/C21H29N5O4S/c1-14-19(20(30)26(25(14)5)15-9-7-6-8-10-15)23-18(29)13-31-12-17(28)22-11-16(27)24-21(2,3)4/h6-10H,11-13H2,1-5H3,(H,22,28)(H,23,29)(H,24,27). The number of para-hydroxylation sites is 1. The van der Waals surface area contributed by atoms with Gasteiger partial charge < -0.3 is 16.0 Å². The number of benzene rings is 1. The van der Waals surface area contributed by atoms with Gasteiger partial charge in [-0.05, 0) is 39.8 Å². The van der Waals surface area contributed by atoms with E-state index in [-0.39, 0.29) is 52.6 Å². The van der Waals surface area contributed by atoms with Gasteiger partial charge in [0.2, 0.25) is 17.7 Å². The molecule has 2 aromatic rings. The number of rotatable bonds is 8. The van der Waals surface area contributed by atoms with Gasteiger partial charge in [-0.1, -0.05) is 18.2 Å². The molecule has 3 amide bonds. The largest absolute Gasteiger partial charge is 0.350 e. The zero-order valence-corrected chi connectivity index (χ0v) is 19.3. The van der Waals surface area contributed by atoms with Crippen LogP contribution in [0.1, 0.15) is 26.5 Å². The number of nitrogens with zero attached hydrogens (tertiary/aromatic N) is 2. The molecule has 0 aliphatic rings. The number of amides is 3. The van der Waals surface area contributed by atoms with Crippen LogP contribution in [0.2, 0.25) is 0 Å². The van der Waals surface area contributed by atoms with Crippen LogP contribution in [0.5, 0.6) is 0 Å². The van der Waals surface area contributed by atoms with E-state index >= 15 is 0 Å². The highest BCUT2D eigenvalue weighted by molar-refractivity contribution is 8.00. The molecular weight excluding hydrogens is 418 g/mol. The van der Waals surface area contributed by atoms with Gasteiger partial charge >= 0.3 is 0 Å². The average Bonchev–Trinajstić information content (AvgIpc) is 2.89.